The molecule has 2 saturated heterocycles. The predicted octanol–water partition coefficient (Wildman–Crippen LogP) is 2.79. The Morgan fingerprint density at radius 3 is 2.69 bits per heavy atom. The fourth-order valence-electron chi connectivity index (χ4n) is 4.99. The van der Waals surface area contributed by atoms with Gasteiger partial charge < -0.3 is 23.8 Å². The molecule has 7 heteroatoms. The smallest absolute Gasteiger partial charge is 0.255 e. The minimum absolute atomic E-state index is 0.0117. The average molecular weight is 440 g/mol. The Labute approximate surface area is 189 Å². The molecule has 2 amide bonds. The van der Waals surface area contributed by atoms with Crippen LogP contribution in [0.25, 0.3) is 0 Å². The molecular weight excluding hydrogens is 406 g/mol. The van der Waals surface area contributed by atoms with E-state index in [1.807, 2.05) is 60.0 Å². The monoisotopic (exact) mass is 439 g/mol. The lowest BCUT2D eigenvalue weighted by atomic mass is 9.94. The Morgan fingerprint density at radius 2 is 2.00 bits per heavy atom. The van der Waals surface area contributed by atoms with Gasteiger partial charge in [0.15, 0.2) is 0 Å². The number of aryl methyl sites for hydroxylation is 1. The van der Waals surface area contributed by atoms with E-state index < -0.39 is 5.54 Å². The number of benzene rings is 1. The van der Waals surface area contributed by atoms with Crippen LogP contribution in [-0.2, 0) is 27.4 Å². The van der Waals surface area contributed by atoms with Crippen molar-refractivity contribution >= 4 is 11.8 Å². The van der Waals surface area contributed by atoms with E-state index in [-0.39, 0.29) is 11.8 Å². The van der Waals surface area contributed by atoms with Gasteiger partial charge in [0.05, 0.1) is 24.3 Å². The third kappa shape index (κ3) is 4.32. The Bertz CT molecular complexity index is 963. The highest BCUT2D eigenvalue weighted by molar-refractivity contribution is 5.96. The van der Waals surface area contributed by atoms with Gasteiger partial charge in [0, 0.05) is 57.7 Å². The molecular formula is C25H33N3O4. The summed E-state index contributed by atoms with van der Waals surface area (Å²) in [5.74, 6) is 0.0719. The number of hydrogen-bond donors (Lipinski definition) is 0. The Kier molecular flexibility index (Phi) is 6.67. The molecule has 0 N–H and O–H groups in total. The number of nitrogens with zero attached hydrogens (tertiary/aromatic N) is 3. The van der Waals surface area contributed by atoms with Crippen LogP contribution in [0.1, 0.15) is 40.2 Å². The Hall–Kier alpha value is -2.64. The van der Waals surface area contributed by atoms with Crippen LogP contribution in [0.4, 0.5) is 0 Å². The summed E-state index contributed by atoms with van der Waals surface area (Å²) in [6.07, 6.45) is 1.06. The Morgan fingerprint density at radius 1 is 1.22 bits per heavy atom. The summed E-state index contributed by atoms with van der Waals surface area (Å²) < 4.78 is 13.1. The van der Waals surface area contributed by atoms with Gasteiger partial charge in [0.1, 0.15) is 0 Å². The first-order valence-electron chi connectivity index (χ1n) is 11.3. The van der Waals surface area contributed by atoms with E-state index in [0.717, 1.165) is 23.4 Å². The summed E-state index contributed by atoms with van der Waals surface area (Å²) in [5, 5.41) is 0. The van der Waals surface area contributed by atoms with Crippen molar-refractivity contribution in [3.8, 4) is 0 Å². The second-order valence-corrected chi connectivity index (χ2v) is 8.90. The van der Waals surface area contributed by atoms with Crippen molar-refractivity contribution < 1.29 is 19.1 Å². The van der Waals surface area contributed by atoms with Crippen molar-refractivity contribution in [1.29, 1.82) is 0 Å². The van der Waals surface area contributed by atoms with Crippen LogP contribution in [0, 0.1) is 13.8 Å². The fourth-order valence-corrected chi connectivity index (χ4v) is 4.99. The van der Waals surface area contributed by atoms with Gasteiger partial charge in [-0.3, -0.25) is 9.59 Å². The lowest BCUT2D eigenvalue weighted by Crippen LogP contribution is -2.56. The summed E-state index contributed by atoms with van der Waals surface area (Å²) in [4.78, 5) is 30.7. The van der Waals surface area contributed by atoms with Gasteiger partial charge in [-0.15, -0.1) is 0 Å². The maximum absolute atomic E-state index is 13.6. The fraction of sp³-hybridized carbons (Fsp3) is 0.520. The molecule has 1 atom stereocenters. The molecule has 0 aliphatic carbocycles. The molecule has 0 bridgehead atoms. The molecule has 4 rings (SSSR count). The van der Waals surface area contributed by atoms with E-state index in [2.05, 4.69) is 4.57 Å². The molecule has 2 aromatic rings. The van der Waals surface area contributed by atoms with Crippen LogP contribution in [0.5, 0.6) is 0 Å². The summed E-state index contributed by atoms with van der Waals surface area (Å²) in [6.45, 7) is 7.82. The van der Waals surface area contributed by atoms with Crippen molar-refractivity contribution in [1.82, 2.24) is 14.4 Å². The molecule has 1 unspecified atom stereocenters. The molecule has 2 fully saturated rings. The van der Waals surface area contributed by atoms with Gasteiger partial charge in [0.2, 0.25) is 5.91 Å². The number of ether oxygens (including phenoxy) is 2. The zero-order valence-corrected chi connectivity index (χ0v) is 19.3. The van der Waals surface area contributed by atoms with Crippen LogP contribution in [0.2, 0.25) is 0 Å². The maximum Gasteiger partial charge on any atom is 0.255 e. The topological polar surface area (TPSA) is 64.0 Å². The van der Waals surface area contributed by atoms with Crippen LogP contribution in [0.3, 0.4) is 0 Å². The molecule has 172 valence electrons. The standard InChI is InChI=1S/C25H33N3O4/c1-19-15-22(20(2)27(19)12-14-31-3)24(30)26-11-9-23(29)28(16-21-7-5-4-6-8-21)25(17-26)10-13-32-18-25/h4-8,15H,9-14,16-18H2,1-3H3. The van der Waals surface area contributed by atoms with E-state index in [9.17, 15) is 9.59 Å². The largest absolute Gasteiger partial charge is 0.383 e. The summed E-state index contributed by atoms with van der Waals surface area (Å²) >= 11 is 0. The molecule has 7 nitrogen and oxygen atoms in total. The number of hydrogen-bond acceptors (Lipinski definition) is 4. The zero-order chi connectivity index (χ0) is 22.7. The van der Waals surface area contributed by atoms with Crippen LogP contribution >= 0.6 is 0 Å². The number of aromatic nitrogens is 1. The number of carbonyl (C=O) groups is 2. The first-order chi connectivity index (χ1) is 15.4. The number of carbonyl (C=O) groups excluding carboxylic acids is 2. The molecule has 2 aliphatic rings. The molecule has 0 radical (unpaired) electrons. The SMILES string of the molecule is COCCn1c(C)cc(C(=O)N2CCC(=O)N(Cc3ccccc3)C3(CCOC3)C2)c1C. The third-order valence-corrected chi connectivity index (χ3v) is 6.83. The van der Waals surface area contributed by atoms with Crippen molar-refractivity contribution in [2.24, 2.45) is 0 Å². The van der Waals surface area contributed by atoms with Gasteiger partial charge in [-0.1, -0.05) is 30.3 Å². The first-order valence-corrected chi connectivity index (χ1v) is 11.3. The van der Waals surface area contributed by atoms with E-state index in [1.165, 1.54) is 0 Å². The normalized spacial score (nSPS) is 21.4. The van der Waals surface area contributed by atoms with Gasteiger partial charge in [-0.2, -0.15) is 0 Å². The highest BCUT2D eigenvalue weighted by atomic mass is 16.5. The second-order valence-electron chi connectivity index (χ2n) is 8.90. The van der Waals surface area contributed by atoms with E-state index in [4.69, 9.17) is 9.47 Å². The molecule has 3 heterocycles. The van der Waals surface area contributed by atoms with Gasteiger partial charge >= 0.3 is 0 Å². The molecule has 1 aromatic carbocycles. The molecule has 2 aliphatic heterocycles. The average Bonchev–Trinajstić information content (AvgIpc) is 3.34. The minimum Gasteiger partial charge on any atom is -0.383 e. The predicted molar refractivity (Wildman–Crippen MR) is 121 cm³/mol. The summed E-state index contributed by atoms with van der Waals surface area (Å²) in [7, 11) is 1.68. The number of methoxy groups -OCH3 is 1. The zero-order valence-electron chi connectivity index (χ0n) is 19.3. The molecule has 1 spiro atoms. The molecule has 0 saturated carbocycles. The van der Waals surface area contributed by atoms with Crippen molar-refractivity contribution in [3.05, 3.63) is 58.9 Å². The van der Waals surface area contributed by atoms with Crippen LogP contribution < -0.4 is 0 Å². The van der Waals surface area contributed by atoms with Gasteiger partial charge in [-0.25, -0.2) is 0 Å². The van der Waals surface area contributed by atoms with Crippen LogP contribution in [0.15, 0.2) is 36.4 Å². The quantitative estimate of drug-likeness (QED) is 0.694. The molecule has 32 heavy (non-hydrogen) atoms. The van der Waals surface area contributed by atoms with E-state index in [0.29, 0.717) is 58.0 Å². The lowest BCUT2D eigenvalue weighted by Gasteiger charge is -2.40. The van der Waals surface area contributed by atoms with Crippen LogP contribution in [-0.4, -0.2) is 71.7 Å². The first kappa shape index (κ1) is 22.6. The summed E-state index contributed by atoms with van der Waals surface area (Å²) in [5.41, 5.74) is 3.29. The third-order valence-electron chi connectivity index (χ3n) is 6.83. The highest BCUT2D eigenvalue weighted by Crippen LogP contribution is 2.33. The second kappa shape index (κ2) is 9.46. The minimum atomic E-state index is -0.485. The van der Waals surface area contributed by atoms with Gasteiger partial charge in [-0.05, 0) is 31.9 Å². The van der Waals surface area contributed by atoms with E-state index >= 15 is 0 Å². The van der Waals surface area contributed by atoms with E-state index in [1.54, 1.807) is 7.11 Å². The lowest BCUT2D eigenvalue weighted by molar-refractivity contribution is -0.137. The number of rotatable bonds is 6. The Balaban J connectivity index is 1.61. The van der Waals surface area contributed by atoms with Gasteiger partial charge in [0.25, 0.3) is 5.91 Å². The van der Waals surface area contributed by atoms with Crippen molar-refractivity contribution in [2.45, 2.75) is 45.3 Å². The number of amides is 2. The molecule has 1 aromatic heterocycles. The highest BCUT2D eigenvalue weighted by Gasteiger charge is 2.47. The van der Waals surface area contributed by atoms with Crippen molar-refractivity contribution in [3.63, 3.8) is 0 Å². The summed E-state index contributed by atoms with van der Waals surface area (Å²) in [6, 6.07) is 12.0. The maximum atomic E-state index is 13.6. The van der Waals surface area contributed by atoms with Crippen molar-refractivity contribution in [2.75, 3.05) is 40.0 Å².